The number of halogens is 2. The van der Waals surface area contributed by atoms with Gasteiger partial charge in [0.25, 0.3) is 0 Å². The maximum absolute atomic E-state index is 6.09. The van der Waals surface area contributed by atoms with Crippen LogP contribution in [-0.4, -0.2) is 14.8 Å². The topological polar surface area (TPSA) is 39.9 Å². The van der Waals surface area contributed by atoms with Gasteiger partial charge in [0.15, 0.2) is 17.1 Å². The van der Waals surface area contributed by atoms with Gasteiger partial charge in [-0.3, -0.25) is 0 Å². The number of ether oxygens (including phenoxy) is 1. The molecule has 4 nitrogen and oxygen atoms in total. The Labute approximate surface area is 177 Å². The zero-order chi connectivity index (χ0) is 19.4. The second kappa shape index (κ2) is 9.13. The predicted octanol–water partition coefficient (Wildman–Crippen LogP) is 6.45. The Morgan fingerprint density at radius 2 is 1.93 bits per heavy atom. The summed E-state index contributed by atoms with van der Waals surface area (Å²) in [4.78, 5) is 0. The monoisotopic (exact) mass is 465 g/mol. The van der Waals surface area contributed by atoms with Gasteiger partial charge in [-0.1, -0.05) is 51.4 Å². The fraction of sp³-hybridized carbons (Fsp3) is 0.300. The molecule has 1 unspecified atom stereocenters. The van der Waals surface area contributed by atoms with Crippen molar-refractivity contribution in [3.63, 3.8) is 0 Å². The van der Waals surface area contributed by atoms with Gasteiger partial charge in [0.05, 0.1) is 0 Å². The van der Waals surface area contributed by atoms with Crippen LogP contribution in [0.25, 0.3) is 0 Å². The Morgan fingerprint density at radius 1 is 1.19 bits per heavy atom. The number of hydrogen-bond acceptors (Lipinski definition) is 4. The van der Waals surface area contributed by atoms with E-state index in [0.717, 1.165) is 44.1 Å². The van der Waals surface area contributed by atoms with Crippen LogP contribution < -0.4 is 4.74 Å². The highest BCUT2D eigenvalue weighted by atomic mass is 79.9. The molecule has 0 aliphatic carbocycles. The number of benzene rings is 2. The van der Waals surface area contributed by atoms with Crippen LogP contribution in [0.4, 0.5) is 0 Å². The van der Waals surface area contributed by atoms with E-state index in [4.69, 9.17) is 16.3 Å². The molecule has 0 bridgehead atoms. The van der Waals surface area contributed by atoms with Gasteiger partial charge in [-0.15, -0.1) is 10.2 Å². The minimum absolute atomic E-state index is 0.208. The van der Waals surface area contributed by atoms with Gasteiger partial charge < -0.3 is 9.30 Å². The lowest BCUT2D eigenvalue weighted by Crippen LogP contribution is -2.12. The van der Waals surface area contributed by atoms with E-state index in [2.05, 4.69) is 61.9 Å². The third kappa shape index (κ3) is 5.06. The van der Waals surface area contributed by atoms with Gasteiger partial charge >= 0.3 is 0 Å². The van der Waals surface area contributed by atoms with Crippen LogP contribution in [0.3, 0.4) is 0 Å². The molecule has 0 radical (unpaired) electrons. The Hall–Kier alpha value is -1.50. The predicted molar refractivity (Wildman–Crippen MR) is 115 cm³/mol. The van der Waals surface area contributed by atoms with E-state index >= 15 is 0 Å². The molecule has 0 fully saturated rings. The number of rotatable bonds is 7. The van der Waals surface area contributed by atoms with E-state index in [0.29, 0.717) is 0 Å². The first-order valence-electron chi connectivity index (χ1n) is 8.71. The molecule has 0 amide bonds. The molecule has 0 spiro atoms. The van der Waals surface area contributed by atoms with Gasteiger partial charge in [0, 0.05) is 21.8 Å². The summed E-state index contributed by atoms with van der Waals surface area (Å²) in [7, 11) is 0. The van der Waals surface area contributed by atoms with E-state index in [-0.39, 0.29) is 6.10 Å². The van der Waals surface area contributed by atoms with E-state index in [1.807, 2.05) is 32.0 Å². The standard InChI is InChI=1S/C20H21BrClN3OS/c1-4-25-19(14(3)26-17-9-10-18(22)13(2)11-17)23-24-20(25)27-12-15-5-7-16(21)8-6-15/h5-11,14H,4,12H2,1-3H3. The van der Waals surface area contributed by atoms with Crippen LogP contribution in [0, 0.1) is 6.92 Å². The number of hydrogen-bond donors (Lipinski definition) is 0. The minimum atomic E-state index is -0.208. The third-order valence-corrected chi connectivity index (χ3v) is 6.14. The molecule has 1 aromatic heterocycles. The molecule has 1 heterocycles. The highest BCUT2D eigenvalue weighted by Crippen LogP contribution is 2.28. The number of nitrogens with zero attached hydrogens (tertiary/aromatic N) is 3. The van der Waals surface area contributed by atoms with Crippen molar-refractivity contribution in [1.29, 1.82) is 0 Å². The second-order valence-corrected chi connectivity index (χ2v) is 8.44. The van der Waals surface area contributed by atoms with Crippen LogP contribution in [0.1, 0.15) is 36.9 Å². The largest absolute Gasteiger partial charge is 0.483 e. The highest BCUT2D eigenvalue weighted by Gasteiger charge is 2.19. The Bertz CT molecular complexity index is 914. The van der Waals surface area contributed by atoms with Gasteiger partial charge in [0.1, 0.15) is 5.75 Å². The normalized spacial score (nSPS) is 12.2. The lowest BCUT2D eigenvalue weighted by molar-refractivity contribution is 0.210. The van der Waals surface area contributed by atoms with Crippen molar-refractivity contribution in [2.24, 2.45) is 0 Å². The van der Waals surface area contributed by atoms with Gasteiger partial charge in [-0.2, -0.15) is 0 Å². The maximum Gasteiger partial charge on any atom is 0.191 e. The second-order valence-electron chi connectivity index (χ2n) is 6.17. The van der Waals surface area contributed by atoms with Crippen molar-refractivity contribution >= 4 is 39.3 Å². The molecular formula is C20H21BrClN3OS. The molecular weight excluding hydrogens is 446 g/mol. The fourth-order valence-electron chi connectivity index (χ4n) is 2.68. The zero-order valence-electron chi connectivity index (χ0n) is 15.4. The molecule has 3 aromatic rings. The Kier molecular flexibility index (Phi) is 6.84. The highest BCUT2D eigenvalue weighted by molar-refractivity contribution is 9.10. The van der Waals surface area contributed by atoms with E-state index in [1.165, 1.54) is 5.56 Å². The first kappa shape index (κ1) is 20.2. The molecule has 0 N–H and O–H groups in total. The molecule has 27 heavy (non-hydrogen) atoms. The summed E-state index contributed by atoms with van der Waals surface area (Å²) in [5, 5.41) is 10.4. The molecule has 0 saturated carbocycles. The smallest absolute Gasteiger partial charge is 0.191 e. The van der Waals surface area contributed by atoms with Crippen LogP contribution in [0.5, 0.6) is 5.75 Å². The molecule has 1 atom stereocenters. The van der Waals surface area contributed by atoms with E-state index in [9.17, 15) is 0 Å². The van der Waals surface area contributed by atoms with E-state index < -0.39 is 0 Å². The van der Waals surface area contributed by atoms with Gasteiger partial charge in [-0.05, 0) is 62.2 Å². The van der Waals surface area contributed by atoms with Crippen LogP contribution in [-0.2, 0) is 12.3 Å². The summed E-state index contributed by atoms with van der Waals surface area (Å²) in [6, 6.07) is 14.0. The summed E-state index contributed by atoms with van der Waals surface area (Å²) in [6.45, 7) is 6.84. The Morgan fingerprint density at radius 3 is 2.59 bits per heavy atom. The summed E-state index contributed by atoms with van der Waals surface area (Å²) < 4.78 is 9.26. The summed E-state index contributed by atoms with van der Waals surface area (Å²) in [5.74, 6) is 2.44. The third-order valence-electron chi connectivity index (χ3n) is 4.15. The summed E-state index contributed by atoms with van der Waals surface area (Å²) in [6.07, 6.45) is -0.208. The fourth-order valence-corrected chi connectivity index (χ4v) is 4.03. The lowest BCUT2D eigenvalue weighted by Gasteiger charge is -2.16. The number of aromatic nitrogens is 3. The molecule has 142 valence electrons. The lowest BCUT2D eigenvalue weighted by atomic mass is 10.2. The van der Waals surface area contributed by atoms with Crippen molar-refractivity contribution in [3.05, 3.63) is 68.9 Å². The van der Waals surface area contributed by atoms with Crippen molar-refractivity contribution in [2.75, 3.05) is 0 Å². The zero-order valence-corrected chi connectivity index (χ0v) is 18.6. The summed E-state index contributed by atoms with van der Waals surface area (Å²) in [5.41, 5.74) is 2.24. The molecule has 3 rings (SSSR count). The van der Waals surface area contributed by atoms with Crippen molar-refractivity contribution in [3.8, 4) is 5.75 Å². The average molecular weight is 467 g/mol. The number of thioether (sulfide) groups is 1. The van der Waals surface area contributed by atoms with Crippen LogP contribution in [0.2, 0.25) is 5.02 Å². The molecule has 0 aliphatic rings. The Balaban J connectivity index is 1.72. The van der Waals surface area contributed by atoms with Crippen LogP contribution in [0.15, 0.2) is 52.1 Å². The molecule has 7 heteroatoms. The summed E-state index contributed by atoms with van der Waals surface area (Å²) >= 11 is 11.2. The number of aryl methyl sites for hydroxylation is 1. The van der Waals surface area contributed by atoms with Gasteiger partial charge in [-0.25, -0.2) is 0 Å². The van der Waals surface area contributed by atoms with Crippen molar-refractivity contribution in [2.45, 2.75) is 44.3 Å². The van der Waals surface area contributed by atoms with Crippen molar-refractivity contribution in [1.82, 2.24) is 14.8 Å². The van der Waals surface area contributed by atoms with Crippen LogP contribution >= 0.6 is 39.3 Å². The molecule has 2 aromatic carbocycles. The molecule has 0 aliphatic heterocycles. The SMILES string of the molecule is CCn1c(SCc2ccc(Br)cc2)nnc1C(C)Oc1ccc(Cl)c(C)c1. The molecule has 0 saturated heterocycles. The maximum atomic E-state index is 6.09. The average Bonchev–Trinajstić information content (AvgIpc) is 3.07. The van der Waals surface area contributed by atoms with Crippen molar-refractivity contribution < 1.29 is 4.74 Å². The first-order chi connectivity index (χ1) is 13.0. The minimum Gasteiger partial charge on any atom is -0.483 e. The van der Waals surface area contributed by atoms with E-state index in [1.54, 1.807) is 11.8 Å². The van der Waals surface area contributed by atoms with Gasteiger partial charge in [0.2, 0.25) is 0 Å². The quantitative estimate of drug-likeness (QED) is 0.375. The first-order valence-corrected chi connectivity index (χ1v) is 10.9.